The highest BCUT2D eigenvalue weighted by Gasteiger charge is 2.05. The molecule has 0 unspecified atom stereocenters. The molecular weight excluding hydrogens is 200 g/mol. The lowest BCUT2D eigenvalue weighted by atomic mass is 10.5. The molecule has 0 bridgehead atoms. The highest BCUT2D eigenvalue weighted by Crippen LogP contribution is 2.15. The van der Waals surface area contributed by atoms with Crippen molar-refractivity contribution < 1.29 is 4.74 Å². The molecule has 0 aliphatic carbocycles. The number of ether oxygens (including phenoxy) is 1. The first-order chi connectivity index (χ1) is 6.88. The molecule has 1 aromatic rings. The molecule has 0 saturated carbocycles. The van der Waals surface area contributed by atoms with Crippen molar-refractivity contribution in [1.82, 2.24) is 15.0 Å². The van der Waals surface area contributed by atoms with Gasteiger partial charge in [-0.25, -0.2) is 0 Å². The van der Waals surface area contributed by atoms with E-state index in [-0.39, 0.29) is 0 Å². The summed E-state index contributed by atoms with van der Waals surface area (Å²) < 4.78 is 9.09. The van der Waals surface area contributed by atoms with Crippen LogP contribution in [0.4, 0.5) is 0 Å². The van der Waals surface area contributed by atoms with Crippen LogP contribution < -0.4 is 15.4 Å². The van der Waals surface area contributed by atoms with E-state index in [9.17, 15) is 0 Å². The van der Waals surface area contributed by atoms with Crippen LogP contribution in [0.15, 0.2) is 11.1 Å². The Bertz CT molecular complexity index is 336. The third-order valence-electron chi connectivity index (χ3n) is 1.85. The number of nitrogens with zero attached hydrogens (tertiary/aromatic N) is 2. The first kappa shape index (κ1) is 9.26. The zero-order chi connectivity index (χ0) is 9.80. The molecule has 0 aromatic carbocycles. The van der Waals surface area contributed by atoms with Gasteiger partial charge in [0.1, 0.15) is 0 Å². The molecule has 0 fully saturated rings. The van der Waals surface area contributed by atoms with Gasteiger partial charge in [-0.2, -0.15) is 4.37 Å². The van der Waals surface area contributed by atoms with E-state index in [2.05, 4.69) is 20.0 Å². The molecule has 0 saturated heterocycles. The van der Waals surface area contributed by atoms with Crippen LogP contribution >= 0.6 is 11.5 Å². The monoisotopic (exact) mass is 212 g/mol. The van der Waals surface area contributed by atoms with Crippen LogP contribution in [0.5, 0.6) is 5.88 Å². The smallest absolute Gasteiger partial charge is 0.225 e. The standard InChI is InChI=1S/C8H12N4OS/c1-13-7-4-6(14-12-7)5-11-8-9-2-3-10-8/h4H,2-3,5H2,1H3,(H2,9,10,11). The van der Waals surface area contributed by atoms with E-state index in [1.54, 1.807) is 7.11 Å². The van der Waals surface area contributed by atoms with Crippen molar-refractivity contribution >= 4 is 17.5 Å². The Balaban J connectivity index is 1.85. The van der Waals surface area contributed by atoms with Gasteiger partial charge in [-0.05, 0) is 11.5 Å². The Morgan fingerprint density at radius 1 is 1.71 bits per heavy atom. The molecule has 0 amide bonds. The highest BCUT2D eigenvalue weighted by atomic mass is 32.1. The summed E-state index contributed by atoms with van der Waals surface area (Å²) in [4.78, 5) is 5.36. The van der Waals surface area contributed by atoms with Crippen molar-refractivity contribution in [3.8, 4) is 5.88 Å². The zero-order valence-corrected chi connectivity index (χ0v) is 8.73. The molecule has 0 spiro atoms. The summed E-state index contributed by atoms with van der Waals surface area (Å²) in [6.45, 7) is 2.52. The molecule has 0 atom stereocenters. The van der Waals surface area contributed by atoms with Crippen LogP contribution in [-0.4, -0.2) is 30.5 Å². The fourth-order valence-corrected chi connectivity index (χ4v) is 1.79. The fraction of sp³-hybridized carbons (Fsp3) is 0.500. The van der Waals surface area contributed by atoms with E-state index in [1.165, 1.54) is 11.5 Å². The van der Waals surface area contributed by atoms with Crippen LogP contribution in [0.25, 0.3) is 0 Å². The Kier molecular flexibility index (Phi) is 2.83. The summed E-state index contributed by atoms with van der Waals surface area (Å²) in [5.74, 6) is 1.55. The summed E-state index contributed by atoms with van der Waals surface area (Å²) in [5.41, 5.74) is 0. The van der Waals surface area contributed by atoms with Crippen molar-refractivity contribution in [2.75, 3.05) is 20.2 Å². The number of nitrogens with one attached hydrogen (secondary N) is 2. The second-order valence-electron chi connectivity index (χ2n) is 2.85. The maximum atomic E-state index is 4.99. The Hall–Kier alpha value is -1.30. The van der Waals surface area contributed by atoms with Gasteiger partial charge < -0.3 is 15.4 Å². The second kappa shape index (κ2) is 4.28. The van der Waals surface area contributed by atoms with Crippen molar-refractivity contribution in [3.05, 3.63) is 10.9 Å². The predicted octanol–water partition coefficient (Wildman–Crippen LogP) is 0.200. The summed E-state index contributed by atoms with van der Waals surface area (Å²) in [7, 11) is 1.62. The first-order valence-electron chi connectivity index (χ1n) is 4.40. The number of hydrogen-bond acceptors (Lipinski definition) is 6. The highest BCUT2D eigenvalue weighted by molar-refractivity contribution is 7.05. The van der Waals surface area contributed by atoms with Crippen LogP contribution in [0.3, 0.4) is 0 Å². The summed E-state index contributed by atoms with van der Waals surface area (Å²) in [5, 5.41) is 6.33. The average Bonchev–Trinajstić information content (AvgIpc) is 2.86. The molecule has 2 heterocycles. The minimum atomic E-state index is 0.674. The molecule has 1 aliphatic rings. The lowest BCUT2D eigenvalue weighted by Gasteiger charge is -2.03. The van der Waals surface area contributed by atoms with Gasteiger partial charge in [-0.1, -0.05) is 0 Å². The van der Waals surface area contributed by atoms with Gasteiger partial charge in [0.05, 0.1) is 20.2 Å². The molecule has 0 radical (unpaired) electrons. The fourth-order valence-electron chi connectivity index (χ4n) is 1.16. The van der Waals surface area contributed by atoms with E-state index in [4.69, 9.17) is 4.74 Å². The molecule has 1 aliphatic heterocycles. The third-order valence-corrected chi connectivity index (χ3v) is 2.62. The zero-order valence-electron chi connectivity index (χ0n) is 7.91. The van der Waals surface area contributed by atoms with Crippen molar-refractivity contribution in [3.63, 3.8) is 0 Å². The van der Waals surface area contributed by atoms with E-state index in [1.807, 2.05) is 6.07 Å². The predicted molar refractivity (Wildman–Crippen MR) is 55.8 cm³/mol. The maximum absolute atomic E-state index is 4.99. The molecule has 76 valence electrons. The van der Waals surface area contributed by atoms with Gasteiger partial charge in [0.15, 0.2) is 5.96 Å². The van der Waals surface area contributed by atoms with Gasteiger partial charge in [-0.15, -0.1) is 0 Å². The summed E-state index contributed by atoms with van der Waals surface area (Å²) in [6.07, 6.45) is 0. The number of aromatic nitrogens is 1. The van der Waals surface area contributed by atoms with E-state index < -0.39 is 0 Å². The molecule has 5 nitrogen and oxygen atoms in total. The lowest BCUT2D eigenvalue weighted by Crippen LogP contribution is -2.32. The second-order valence-corrected chi connectivity index (χ2v) is 3.74. The maximum Gasteiger partial charge on any atom is 0.225 e. The molecular formula is C8H12N4OS. The van der Waals surface area contributed by atoms with Gasteiger partial charge in [-0.3, -0.25) is 4.99 Å². The van der Waals surface area contributed by atoms with Crippen LogP contribution in [-0.2, 0) is 6.54 Å². The number of methoxy groups -OCH3 is 1. The Labute approximate surface area is 86.4 Å². The number of guanidine groups is 1. The topological polar surface area (TPSA) is 58.5 Å². The summed E-state index contributed by atoms with van der Waals surface area (Å²) >= 11 is 1.44. The van der Waals surface area contributed by atoms with Gasteiger partial charge in [0.2, 0.25) is 5.88 Å². The van der Waals surface area contributed by atoms with Gasteiger partial charge >= 0.3 is 0 Å². The molecule has 14 heavy (non-hydrogen) atoms. The largest absolute Gasteiger partial charge is 0.480 e. The molecule has 2 rings (SSSR count). The SMILES string of the molecule is COc1cc(CNC2=NCCN2)sn1. The number of rotatable bonds is 3. The van der Waals surface area contributed by atoms with Crippen LogP contribution in [0.1, 0.15) is 4.88 Å². The normalized spacial score (nSPS) is 14.8. The van der Waals surface area contributed by atoms with Crippen LogP contribution in [0, 0.1) is 0 Å². The molecule has 2 N–H and O–H groups in total. The quantitative estimate of drug-likeness (QED) is 0.751. The van der Waals surface area contributed by atoms with E-state index in [0.717, 1.165) is 30.5 Å². The van der Waals surface area contributed by atoms with Crippen LogP contribution in [0.2, 0.25) is 0 Å². The average molecular weight is 212 g/mol. The minimum Gasteiger partial charge on any atom is -0.480 e. The Morgan fingerprint density at radius 3 is 3.29 bits per heavy atom. The first-order valence-corrected chi connectivity index (χ1v) is 5.17. The number of hydrogen-bond donors (Lipinski definition) is 2. The minimum absolute atomic E-state index is 0.674. The van der Waals surface area contributed by atoms with Crippen molar-refractivity contribution in [2.24, 2.45) is 4.99 Å². The van der Waals surface area contributed by atoms with Gasteiger partial charge in [0, 0.05) is 17.5 Å². The third kappa shape index (κ3) is 2.14. The summed E-state index contributed by atoms with van der Waals surface area (Å²) in [6, 6.07) is 1.92. The lowest BCUT2D eigenvalue weighted by molar-refractivity contribution is 0.402. The van der Waals surface area contributed by atoms with Gasteiger partial charge in [0.25, 0.3) is 0 Å². The Morgan fingerprint density at radius 2 is 2.64 bits per heavy atom. The molecule has 6 heteroatoms. The van der Waals surface area contributed by atoms with Crippen molar-refractivity contribution in [2.45, 2.75) is 6.54 Å². The van der Waals surface area contributed by atoms with E-state index >= 15 is 0 Å². The van der Waals surface area contributed by atoms with Crippen molar-refractivity contribution in [1.29, 1.82) is 0 Å². The number of aliphatic imine (C=N–C) groups is 1. The van der Waals surface area contributed by atoms with E-state index in [0.29, 0.717) is 5.88 Å². The molecule has 1 aromatic heterocycles.